The number of amides is 2. The molecule has 2 heterocycles. The SMILES string of the molecule is CC1(O)CCCN(C(=O)N2CSC[C@H]2C(=O)O)CC1. The molecular weight excluding hydrogens is 268 g/mol. The number of nitrogens with zero attached hydrogens (tertiary/aromatic N) is 2. The van der Waals surface area contributed by atoms with Gasteiger partial charge in [-0.05, 0) is 26.2 Å². The number of hydrogen-bond donors (Lipinski definition) is 2. The van der Waals surface area contributed by atoms with Crippen molar-refractivity contribution in [2.45, 2.75) is 37.8 Å². The Bertz CT molecular complexity index is 375. The average Bonchev–Trinajstić information content (AvgIpc) is 2.74. The predicted octanol–water partition coefficient (Wildman–Crippen LogP) is 0.803. The Labute approximate surface area is 116 Å². The van der Waals surface area contributed by atoms with Crippen molar-refractivity contribution in [3.8, 4) is 0 Å². The number of carboxylic acids is 1. The highest BCUT2D eigenvalue weighted by molar-refractivity contribution is 7.99. The first kappa shape index (κ1) is 14.5. The van der Waals surface area contributed by atoms with Gasteiger partial charge in [-0.25, -0.2) is 9.59 Å². The fraction of sp³-hybridized carbons (Fsp3) is 0.833. The van der Waals surface area contributed by atoms with Crippen LogP contribution in [0.25, 0.3) is 0 Å². The second-order valence-electron chi connectivity index (χ2n) is 5.44. The molecule has 0 aromatic carbocycles. The highest BCUT2D eigenvalue weighted by atomic mass is 32.2. The first-order chi connectivity index (χ1) is 8.91. The van der Waals surface area contributed by atoms with E-state index in [1.54, 1.807) is 11.8 Å². The maximum atomic E-state index is 12.4. The Kier molecular flexibility index (Phi) is 4.25. The molecular formula is C12H20N2O4S. The summed E-state index contributed by atoms with van der Waals surface area (Å²) in [5.41, 5.74) is -0.721. The van der Waals surface area contributed by atoms with Crippen molar-refractivity contribution in [3.05, 3.63) is 0 Å². The van der Waals surface area contributed by atoms with E-state index in [9.17, 15) is 14.7 Å². The largest absolute Gasteiger partial charge is 0.480 e. The molecule has 0 aliphatic carbocycles. The zero-order valence-corrected chi connectivity index (χ0v) is 11.9. The molecule has 2 N–H and O–H groups in total. The Hall–Kier alpha value is -0.950. The molecule has 19 heavy (non-hydrogen) atoms. The number of likely N-dealkylation sites (tertiary alicyclic amines) is 1. The monoisotopic (exact) mass is 288 g/mol. The Morgan fingerprint density at radius 2 is 2.05 bits per heavy atom. The van der Waals surface area contributed by atoms with Gasteiger partial charge in [0.1, 0.15) is 6.04 Å². The van der Waals surface area contributed by atoms with Gasteiger partial charge < -0.3 is 20.0 Å². The molecule has 0 saturated carbocycles. The topological polar surface area (TPSA) is 81.1 Å². The lowest BCUT2D eigenvalue weighted by atomic mass is 9.98. The minimum absolute atomic E-state index is 0.213. The highest BCUT2D eigenvalue weighted by Gasteiger charge is 2.37. The van der Waals surface area contributed by atoms with E-state index in [1.165, 1.54) is 16.7 Å². The standard InChI is InChI=1S/C12H20N2O4S/c1-12(18)3-2-5-13(6-4-12)11(17)14-8-19-7-9(14)10(15)16/h9,18H,2-8H2,1H3,(H,15,16)/t9-,12?/m0/s1. The molecule has 0 bridgehead atoms. The predicted molar refractivity (Wildman–Crippen MR) is 72.0 cm³/mol. The maximum Gasteiger partial charge on any atom is 0.327 e. The molecule has 0 radical (unpaired) electrons. The van der Waals surface area contributed by atoms with E-state index in [2.05, 4.69) is 0 Å². The third-order valence-electron chi connectivity index (χ3n) is 3.75. The van der Waals surface area contributed by atoms with Crippen LogP contribution in [-0.2, 0) is 4.79 Å². The van der Waals surface area contributed by atoms with Crippen LogP contribution in [0.15, 0.2) is 0 Å². The number of hydrogen-bond acceptors (Lipinski definition) is 4. The zero-order chi connectivity index (χ0) is 14.0. The zero-order valence-electron chi connectivity index (χ0n) is 11.0. The van der Waals surface area contributed by atoms with Crippen LogP contribution in [0.5, 0.6) is 0 Å². The van der Waals surface area contributed by atoms with E-state index in [1.807, 2.05) is 0 Å². The molecule has 2 saturated heterocycles. The molecule has 2 aliphatic rings. The molecule has 6 nitrogen and oxygen atoms in total. The maximum absolute atomic E-state index is 12.4. The summed E-state index contributed by atoms with van der Waals surface area (Å²) < 4.78 is 0. The van der Waals surface area contributed by atoms with Crippen LogP contribution in [0.2, 0.25) is 0 Å². The number of urea groups is 1. The molecule has 108 valence electrons. The molecule has 0 aromatic heterocycles. The highest BCUT2D eigenvalue weighted by Crippen LogP contribution is 2.26. The van der Waals surface area contributed by atoms with E-state index in [0.29, 0.717) is 37.6 Å². The summed E-state index contributed by atoms with van der Waals surface area (Å²) in [6, 6.07) is -0.934. The van der Waals surface area contributed by atoms with Crippen molar-refractivity contribution in [2.75, 3.05) is 24.7 Å². The third kappa shape index (κ3) is 3.33. The van der Waals surface area contributed by atoms with Crippen LogP contribution in [0.4, 0.5) is 4.79 Å². The van der Waals surface area contributed by atoms with E-state index >= 15 is 0 Å². The van der Waals surface area contributed by atoms with Gasteiger partial charge in [-0.3, -0.25) is 0 Å². The normalized spacial score (nSPS) is 32.2. The number of carbonyl (C=O) groups is 2. The second-order valence-corrected chi connectivity index (χ2v) is 6.44. The molecule has 2 aliphatic heterocycles. The number of carboxylic acid groups (broad SMARTS) is 1. The van der Waals surface area contributed by atoms with Crippen molar-refractivity contribution in [2.24, 2.45) is 0 Å². The van der Waals surface area contributed by atoms with Gasteiger partial charge in [0.25, 0.3) is 0 Å². The fourth-order valence-electron chi connectivity index (χ4n) is 2.47. The molecule has 0 spiro atoms. The second kappa shape index (κ2) is 5.58. The quantitative estimate of drug-likeness (QED) is 0.746. The van der Waals surface area contributed by atoms with Crippen LogP contribution >= 0.6 is 11.8 Å². The van der Waals surface area contributed by atoms with Gasteiger partial charge in [-0.15, -0.1) is 11.8 Å². The Balaban J connectivity index is 2.01. The minimum atomic E-state index is -0.944. The molecule has 2 atom stereocenters. The van der Waals surface area contributed by atoms with Crippen LogP contribution in [0, 0.1) is 0 Å². The van der Waals surface area contributed by atoms with E-state index in [-0.39, 0.29) is 6.03 Å². The number of thioether (sulfide) groups is 1. The fourth-order valence-corrected chi connectivity index (χ4v) is 3.61. The lowest BCUT2D eigenvalue weighted by Crippen LogP contribution is -2.49. The summed E-state index contributed by atoms with van der Waals surface area (Å²) >= 11 is 1.46. The van der Waals surface area contributed by atoms with Crippen LogP contribution < -0.4 is 0 Å². The van der Waals surface area contributed by atoms with Crippen molar-refractivity contribution in [3.63, 3.8) is 0 Å². The third-order valence-corrected chi connectivity index (χ3v) is 4.76. The number of aliphatic hydroxyl groups is 1. The molecule has 1 unspecified atom stereocenters. The average molecular weight is 288 g/mol. The molecule has 7 heteroatoms. The van der Waals surface area contributed by atoms with Gasteiger partial charge >= 0.3 is 12.0 Å². The first-order valence-electron chi connectivity index (χ1n) is 6.49. The van der Waals surface area contributed by atoms with Crippen molar-refractivity contribution in [1.29, 1.82) is 0 Å². The van der Waals surface area contributed by atoms with Crippen molar-refractivity contribution in [1.82, 2.24) is 9.80 Å². The van der Waals surface area contributed by atoms with Crippen LogP contribution in [0.3, 0.4) is 0 Å². The Morgan fingerprint density at radius 1 is 1.32 bits per heavy atom. The summed E-state index contributed by atoms with van der Waals surface area (Å²) in [5, 5.41) is 19.1. The number of rotatable bonds is 1. The first-order valence-corrected chi connectivity index (χ1v) is 7.65. The lowest BCUT2D eigenvalue weighted by molar-refractivity contribution is -0.140. The smallest absolute Gasteiger partial charge is 0.327 e. The van der Waals surface area contributed by atoms with E-state index < -0.39 is 17.6 Å². The van der Waals surface area contributed by atoms with Gasteiger partial charge in [0.15, 0.2) is 0 Å². The summed E-state index contributed by atoms with van der Waals surface area (Å²) in [6.45, 7) is 2.86. The van der Waals surface area contributed by atoms with E-state index in [4.69, 9.17) is 5.11 Å². The summed E-state index contributed by atoms with van der Waals surface area (Å²) in [4.78, 5) is 26.6. The molecule has 0 aromatic rings. The van der Waals surface area contributed by atoms with Crippen LogP contribution in [0.1, 0.15) is 26.2 Å². The van der Waals surface area contributed by atoms with Gasteiger partial charge in [0, 0.05) is 18.8 Å². The van der Waals surface area contributed by atoms with E-state index in [0.717, 1.165) is 6.42 Å². The summed E-state index contributed by atoms with van der Waals surface area (Å²) in [6.07, 6.45) is 1.96. The summed E-state index contributed by atoms with van der Waals surface area (Å²) in [5.74, 6) is -0.0600. The molecule has 2 rings (SSSR count). The number of aliphatic carboxylic acids is 1. The minimum Gasteiger partial charge on any atom is -0.480 e. The number of carbonyl (C=O) groups excluding carboxylic acids is 1. The van der Waals surface area contributed by atoms with Gasteiger partial charge in [0.05, 0.1) is 11.5 Å². The Morgan fingerprint density at radius 3 is 2.74 bits per heavy atom. The lowest BCUT2D eigenvalue weighted by Gasteiger charge is -2.29. The van der Waals surface area contributed by atoms with Crippen molar-refractivity contribution >= 4 is 23.8 Å². The van der Waals surface area contributed by atoms with Gasteiger partial charge in [-0.1, -0.05) is 0 Å². The van der Waals surface area contributed by atoms with Crippen LogP contribution in [-0.4, -0.2) is 68.4 Å². The molecule has 2 amide bonds. The molecule has 2 fully saturated rings. The van der Waals surface area contributed by atoms with Gasteiger partial charge in [-0.2, -0.15) is 0 Å². The van der Waals surface area contributed by atoms with Gasteiger partial charge in [0.2, 0.25) is 0 Å². The van der Waals surface area contributed by atoms with Crippen molar-refractivity contribution < 1.29 is 19.8 Å². The summed E-state index contributed by atoms with van der Waals surface area (Å²) in [7, 11) is 0.